The Hall–Kier alpha value is -3.73. The predicted octanol–water partition coefficient (Wildman–Crippen LogP) is 5.02. The van der Waals surface area contributed by atoms with E-state index in [1.54, 1.807) is 34.3 Å². The van der Waals surface area contributed by atoms with E-state index in [0.717, 1.165) is 11.1 Å². The number of hydrogen-bond acceptors (Lipinski definition) is 3. The molecule has 4 heteroatoms. The van der Waals surface area contributed by atoms with E-state index in [4.69, 9.17) is 0 Å². The Morgan fingerprint density at radius 2 is 0.970 bits per heavy atom. The van der Waals surface area contributed by atoms with Gasteiger partial charge in [-0.1, -0.05) is 121 Å². The maximum absolute atomic E-state index is 14.4. The molecule has 166 valence electrons. The molecular weight excluding hydrogens is 408 g/mol. The van der Waals surface area contributed by atoms with Crippen molar-refractivity contribution in [3.05, 3.63) is 144 Å². The molecule has 0 atom stereocenters. The van der Waals surface area contributed by atoms with Gasteiger partial charge in [0.1, 0.15) is 0 Å². The molecule has 0 aliphatic rings. The van der Waals surface area contributed by atoms with Gasteiger partial charge in [0.25, 0.3) is 5.91 Å². The first-order chi connectivity index (χ1) is 16.0. The number of amides is 1. The van der Waals surface area contributed by atoms with E-state index in [-0.39, 0.29) is 0 Å². The highest BCUT2D eigenvalue weighted by Gasteiger charge is 2.46. The van der Waals surface area contributed by atoms with Gasteiger partial charge in [-0.25, -0.2) is 5.01 Å². The van der Waals surface area contributed by atoms with Gasteiger partial charge in [0.05, 0.1) is 6.04 Å². The van der Waals surface area contributed by atoms with Crippen LogP contribution in [0.2, 0.25) is 0 Å². The minimum atomic E-state index is -1.87. The lowest BCUT2D eigenvalue weighted by atomic mass is 9.84. The summed E-state index contributed by atoms with van der Waals surface area (Å²) in [5, 5.41) is 15.6. The van der Waals surface area contributed by atoms with Gasteiger partial charge in [-0.15, -0.1) is 0 Å². The molecule has 0 aliphatic heterocycles. The normalized spacial score (nSPS) is 11.5. The summed E-state index contributed by atoms with van der Waals surface area (Å²) in [7, 11) is 3.65. The van der Waals surface area contributed by atoms with Crippen LogP contribution in [-0.2, 0) is 10.4 Å². The minimum Gasteiger partial charge on any atom is -0.372 e. The smallest absolute Gasteiger partial charge is 0.279 e. The molecule has 4 rings (SSSR count). The van der Waals surface area contributed by atoms with E-state index in [1.807, 2.05) is 111 Å². The summed E-state index contributed by atoms with van der Waals surface area (Å²) < 4.78 is 0. The lowest BCUT2D eigenvalue weighted by Crippen LogP contribution is -2.54. The second-order valence-electron chi connectivity index (χ2n) is 8.16. The zero-order valence-electron chi connectivity index (χ0n) is 18.9. The predicted molar refractivity (Wildman–Crippen MR) is 131 cm³/mol. The van der Waals surface area contributed by atoms with E-state index < -0.39 is 17.6 Å². The molecule has 0 spiro atoms. The molecule has 4 aromatic carbocycles. The van der Waals surface area contributed by atoms with Gasteiger partial charge in [-0.2, -0.15) is 0 Å². The Labute approximate surface area is 195 Å². The van der Waals surface area contributed by atoms with E-state index in [1.165, 1.54) is 0 Å². The average molecular weight is 437 g/mol. The minimum absolute atomic E-state index is 0.422. The van der Waals surface area contributed by atoms with Crippen LogP contribution in [-0.4, -0.2) is 35.1 Å². The molecule has 0 aliphatic carbocycles. The highest BCUT2D eigenvalue weighted by atomic mass is 16.3. The van der Waals surface area contributed by atoms with Crippen molar-refractivity contribution in [2.24, 2.45) is 0 Å². The van der Waals surface area contributed by atoms with E-state index in [2.05, 4.69) is 0 Å². The van der Waals surface area contributed by atoms with Crippen molar-refractivity contribution in [3.8, 4) is 0 Å². The summed E-state index contributed by atoms with van der Waals surface area (Å²) in [6.07, 6.45) is 0. The molecular formula is C29H28N2O2. The number of hydrazine groups is 1. The van der Waals surface area contributed by atoms with Crippen LogP contribution in [0.5, 0.6) is 0 Å². The van der Waals surface area contributed by atoms with Gasteiger partial charge in [0.2, 0.25) is 0 Å². The summed E-state index contributed by atoms with van der Waals surface area (Å²) >= 11 is 0. The number of hydrogen-bond donors (Lipinski definition) is 1. The summed E-state index contributed by atoms with van der Waals surface area (Å²) in [4.78, 5) is 14.4. The van der Waals surface area contributed by atoms with Crippen LogP contribution in [0.4, 0.5) is 0 Å². The third kappa shape index (κ3) is 4.44. The molecule has 0 fully saturated rings. The number of carbonyl (C=O) groups is 1. The Morgan fingerprint density at radius 3 is 1.30 bits per heavy atom. The van der Waals surface area contributed by atoms with Gasteiger partial charge in [0, 0.05) is 14.1 Å². The first-order valence-corrected chi connectivity index (χ1v) is 11.0. The zero-order chi connectivity index (χ0) is 23.3. The summed E-state index contributed by atoms with van der Waals surface area (Å²) in [5.41, 5.74) is 1.08. The molecule has 0 aromatic heterocycles. The van der Waals surface area contributed by atoms with Crippen molar-refractivity contribution in [2.45, 2.75) is 11.6 Å². The van der Waals surface area contributed by atoms with Crippen LogP contribution in [0.3, 0.4) is 0 Å². The van der Waals surface area contributed by atoms with Gasteiger partial charge in [0.15, 0.2) is 5.60 Å². The molecule has 1 N–H and O–H groups in total. The first kappa shape index (κ1) is 22.5. The second kappa shape index (κ2) is 9.82. The van der Waals surface area contributed by atoms with Crippen LogP contribution in [0.1, 0.15) is 28.3 Å². The van der Waals surface area contributed by atoms with E-state index in [9.17, 15) is 9.90 Å². The Morgan fingerprint density at radius 1 is 0.636 bits per heavy atom. The fraction of sp³-hybridized carbons (Fsp3) is 0.138. The van der Waals surface area contributed by atoms with Crippen LogP contribution in [0.25, 0.3) is 0 Å². The lowest BCUT2D eigenvalue weighted by molar-refractivity contribution is -0.166. The maximum Gasteiger partial charge on any atom is 0.279 e. The third-order valence-corrected chi connectivity index (χ3v) is 5.81. The molecule has 33 heavy (non-hydrogen) atoms. The quantitative estimate of drug-likeness (QED) is 0.414. The summed E-state index contributed by atoms with van der Waals surface area (Å²) in [6.45, 7) is 0. The highest BCUT2D eigenvalue weighted by molar-refractivity contribution is 5.90. The molecule has 4 nitrogen and oxygen atoms in total. The van der Waals surface area contributed by atoms with Crippen molar-refractivity contribution < 1.29 is 9.90 Å². The Kier molecular flexibility index (Phi) is 6.68. The average Bonchev–Trinajstić information content (AvgIpc) is 2.88. The number of rotatable bonds is 7. The van der Waals surface area contributed by atoms with Crippen LogP contribution < -0.4 is 0 Å². The van der Waals surface area contributed by atoms with Gasteiger partial charge in [-0.05, 0) is 22.3 Å². The topological polar surface area (TPSA) is 43.8 Å². The van der Waals surface area contributed by atoms with Crippen molar-refractivity contribution in [1.29, 1.82) is 0 Å². The van der Waals surface area contributed by atoms with Gasteiger partial charge >= 0.3 is 0 Å². The molecule has 0 heterocycles. The molecule has 4 aromatic rings. The SMILES string of the molecule is CN(C)N(C(=O)C(O)(c1ccccc1)c1ccccc1)C(c1ccccc1)c1ccccc1. The molecule has 0 saturated carbocycles. The number of benzene rings is 4. The van der Waals surface area contributed by atoms with Gasteiger partial charge in [-0.3, -0.25) is 9.80 Å². The molecule has 0 saturated heterocycles. The number of nitrogens with zero attached hydrogens (tertiary/aromatic N) is 2. The molecule has 1 amide bonds. The van der Waals surface area contributed by atoms with Crippen molar-refractivity contribution in [2.75, 3.05) is 14.1 Å². The number of aliphatic hydroxyl groups is 1. The standard InChI is InChI=1S/C29H28N2O2/c1-30(2)31(27(23-15-7-3-8-16-23)24-17-9-4-10-18-24)28(32)29(33,25-19-11-5-12-20-25)26-21-13-6-14-22-26/h3-22,27,33H,1-2H3. The maximum atomic E-state index is 14.4. The summed E-state index contributed by atoms with van der Waals surface area (Å²) in [6, 6.07) is 37.6. The molecule has 0 unspecified atom stereocenters. The number of carbonyl (C=O) groups excluding carboxylic acids is 1. The molecule has 0 radical (unpaired) electrons. The van der Waals surface area contributed by atoms with Crippen LogP contribution in [0, 0.1) is 0 Å². The van der Waals surface area contributed by atoms with Gasteiger partial charge < -0.3 is 5.11 Å². The second-order valence-corrected chi connectivity index (χ2v) is 8.16. The van der Waals surface area contributed by atoms with Crippen LogP contribution in [0.15, 0.2) is 121 Å². The third-order valence-electron chi connectivity index (χ3n) is 5.81. The van der Waals surface area contributed by atoms with E-state index >= 15 is 0 Å². The van der Waals surface area contributed by atoms with Crippen molar-refractivity contribution in [3.63, 3.8) is 0 Å². The van der Waals surface area contributed by atoms with Crippen molar-refractivity contribution >= 4 is 5.91 Å². The Bertz CT molecular complexity index is 1080. The summed E-state index contributed by atoms with van der Waals surface area (Å²) in [5.74, 6) is -0.428. The lowest BCUT2D eigenvalue weighted by Gasteiger charge is -2.42. The highest BCUT2D eigenvalue weighted by Crippen LogP contribution is 2.37. The Balaban J connectivity index is 1.92. The first-order valence-electron chi connectivity index (χ1n) is 11.0. The van der Waals surface area contributed by atoms with Crippen molar-refractivity contribution in [1.82, 2.24) is 10.0 Å². The zero-order valence-corrected chi connectivity index (χ0v) is 18.9. The monoisotopic (exact) mass is 436 g/mol. The van der Waals surface area contributed by atoms with E-state index in [0.29, 0.717) is 11.1 Å². The fourth-order valence-corrected chi connectivity index (χ4v) is 4.21. The fourth-order valence-electron chi connectivity index (χ4n) is 4.21. The van der Waals surface area contributed by atoms with Crippen LogP contribution >= 0.6 is 0 Å². The molecule has 0 bridgehead atoms. The largest absolute Gasteiger partial charge is 0.372 e.